The maximum Gasteiger partial charge on any atom is 0.139 e. The van der Waals surface area contributed by atoms with Crippen LogP contribution in [0.2, 0.25) is 0 Å². The van der Waals surface area contributed by atoms with Crippen molar-refractivity contribution in [3.05, 3.63) is 148 Å². The van der Waals surface area contributed by atoms with Crippen LogP contribution in [0.4, 0.5) is 0 Å². The third-order valence-electron chi connectivity index (χ3n) is 16.0. The Morgan fingerprint density at radius 3 is 1.57 bits per heavy atom. The van der Waals surface area contributed by atoms with Crippen molar-refractivity contribution in [1.82, 2.24) is 0 Å². The summed E-state index contributed by atoms with van der Waals surface area (Å²) in [5.74, 6) is 0. The zero-order valence-electron chi connectivity index (χ0n) is 47.9. The van der Waals surface area contributed by atoms with E-state index in [1.807, 2.05) is 55.4 Å². The Morgan fingerprint density at radius 2 is 0.905 bits per heavy atom. The molecule has 0 N–H and O–H groups in total. The molecular weight excluding hydrogens is 761 g/mol. The normalized spacial score (nSPS) is 15.0. The first-order chi connectivity index (χ1) is 32.6. The zero-order valence-corrected chi connectivity index (χ0v) is 40.9. The van der Waals surface area contributed by atoms with Gasteiger partial charge in [0, 0.05) is 21.8 Å². The summed E-state index contributed by atoms with van der Waals surface area (Å²) in [6.07, 6.45) is 0. The molecule has 1 aliphatic rings. The van der Waals surface area contributed by atoms with E-state index in [0.29, 0.717) is 51.4 Å². The molecule has 1 heteroatoms. The van der Waals surface area contributed by atoms with Crippen LogP contribution in [0.5, 0.6) is 0 Å². The topological polar surface area (TPSA) is 13.1 Å². The zero-order chi connectivity index (χ0) is 51.5. The van der Waals surface area contributed by atoms with Crippen LogP contribution < -0.4 is 0 Å². The van der Waals surface area contributed by atoms with E-state index in [-0.39, 0.29) is 24.2 Å². The van der Waals surface area contributed by atoms with E-state index in [4.69, 9.17) is 7.16 Å². The van der Waals surface area contributed by atoms with E-state index < -0.39 is 5.41 Å². The van der Waals surface area contributed by atoms with Gasteiger partial charge in [-0.05, 0) is 278 Å². The van der Waals surface area contributed by atoms with Crippen molar-refractivity contribution >= 4 is 54.3 Å². The third-order valence-corrected chi connectivity index (χ3v) is 16.0. The minimum atomic E-state index is -0.535. The second-order valence-electron chi connectivity index (χ2n) is 19.9. The fraction of sp³-hybridized carbons (Fsp3) is 0.323. The van der Waals surface area contributed by atoms with Crippen molar-refractivity contribution < 1.29 is 14.0 Å². The molecule has 0 saturated carbocycles. The van der Waals surface area contributed by atoms with Gasteiger partial charge in [-0.15, -0.1) is 0 Å². The highest BCUT2D eigenvalue weighted by Gasteiger charge is 2.42. The smallest absolute Gasteiger partial charge is 0.139 e. The summed E-state index contributed by atoms with van der Waals surface area (Å²) >= 11 is 0. The summed E-state index contributed by atoms with van der Waals surface area (Å²) in [4.78, 5) is 0. The number of fused-ring (bicyclic) bond motifs is 9. The summed E-state index contributed by atoms with van der Waals surface area (Å²) < 4.78 is 75.8. The van der Waals surface area contributed by atoms with Crippen LogP contribution in [0, 0.1) is 118 Å². The van der Waals surface area contributed by atoms with Crippen LogP contribution >= 0.6 is 0 Å². The Kier molecular flexibility index (Phi) is 7.21. The average Bonchev–Trinajstić information content (AvgIpc) is 3.84. The van der Waals surface area contributed by atoms with Gasteiger partial charge in [-0.3, -0.25) is 0 Å². The number of furan rings is 1. The number of hydrogen-bond donors (Lipinski definition) is 0. The molecule has 1 nitrogen and oxygen atoms in total. The van der Waals surface area contributed by atoms with Gasteiger partial charge in [0.25, 0.3) is 0 Å². The first kappa shape index (κ1) is 33.8. The largest absolute Gasteiger partial charge is 0.455 e. The molecule has 1 aromatic heterocycles. The second kappa shape index (κ2) is 13.4. The van der Waals surface area contributed by atoms with Crippen molar-refractivity contribution in [2.45, 2.75) is 137 Å². The molecule has 0 radical (unpaired) electrons. The van der Waals surface area contributed by atoms with Gasteiger partial charge >= 0.3 is 0 Å². The first-order valence-electron chi connectivity index (χ1n) is 26.2. The fourth-order valence-electron chi connectivity index (χ4n) is 12.3. The molecule has 0 bridgehead atoms. The van der Waals surface area contributed by atoms with Crippen LogP contribution in [0.1, 0.15) is 129 Å². The molecule has 1 aliphatic carbocycles. The molecule has 0 atom stereocenters. The van der Waals surface area contributed by atoms with E-state index in [1.165, 1.54) is 0 Å². The van der Waals surface area contributed by atoms with Crippen LogP contribution in [0.15, 0.2) is 46.7 Å². The maximum atomic E-state index is 10.4. The highest BCUT2D eigenvalue weighted by molar-refractivity contribution is 6.29. The Morgan fingerprint density at radius 1 is 0.349 bits per heavy atom. The number of rotatable bonds is 2. The second-order valence-corrected chi connectivity index (χ2v) is 19.9. The van der Waals surface area contributed by atoms with Gasteiger partial charge in [-0.2, -0.15) is 0 Å². The monoisotopic (exact) mass is 832 g/mol. The molecule has 0 spiro atoms. The number of hydrogen-bond acceptors (Lipinski definition) is 1. The van der Waals surface area contributed by atoms with E-state index >= 15 is 0 Å². The average molecular weight is 832 g/mol. The molecule has 318 valence electrons. The van der Waals surface area contributed by atoms with Gasteiger partial charge in [0.1, 0.15) is 11.2 Å². The highest BCUT2D eigenvalue weighted by atomic mass is 16.3. The van der Waals surface area contributed by atoms with Crippen LogP contribution in [0.3, 0.4) is 0 Å². The molecule has 63 heavy (non-hydrogen) atoms. The van der Waals surface area contributed by atoms with E-state index in [1.54, 1.807) is 0 Å². The van der Waals surface area contributed by atoms with Crippen molar-refractivity contribution in [3.63, 3.8) is 0 Å². The Bertz CT molecular complexity index is 3960. The van der Waals surface area contributed by atoms with Gasteiger partial charge in [0.05, 0.1) is 9.60 Å². The molecule has 0 fully saturated rings. The van der Waals surface area contributed by atoms with Gasteiger partial charge in [-0.25, -0.2) is 0 Å². The Hall–Kier alpha value is -5.66. The van der Waals surface area contributed by atoms with E-state index in [0.717, 1.165) is 160 Å². The molecule has 10 rings (SSSR count). The Balaban J connectivity index is 1.53. The fourth-order valence-corrected chi connectivity index (χ4v) is 12.3. The summed E-state index contributed by atoms with van der Waals surface area (Å²) in [6.45, 7) is 39.5. The molecule has 1 heterocycles. The molecule has 0 unspecified atom stereocenters. The minimum absolute atomic E-state index is 0.220. The number of aryl methyl sites for hydroxylation is 6. The SMILES string of the molecule is [2H]c1c([2H])c(C)c2c(c1C)-c1c(C)c(C)c(-c3c4c([2H])c(C)c(C)c(C)c4c(-c4c([2H])c(C)c(C)c5oc6c(C)c7c(C)c(C)c(C)c([2H])c7c(C)c6c45)c4c([2H])c(C)c([2H])c(C)c34)c(C)c1C2(C)C. The van der Waals surface area contributed by atoms with E-state index in [9.17, 15) is 6.85 Å². The number of benzene rings is 8. The lowest BCUT2D eigenvalue weighted by Crippen LogP contribution is -2.19. The van der Waals surface area contributed by atoms with Crippen molar-refractivity contribution in [3.8, 4) is 33.4 Å². The lowest BCUT2D eigenvalue weighted by Gasteiger charge is -2.30. The quantitative estimate of drug-likeness (QED) is 0.158. The van der Waals surface area contributed by atoms with Crippen molar-refractivity contribution in [2.24, 2.45) is 0 Å². The van der Waals surface area contributed by atoms with Crippen molar-refractivity contribution in [1.29, 1.82) is 0 Å². The summed E-state index contributed by atoms with van der Waals surface area (Å²) in [5, 5.41) is 6.47. The van der Waals surface area contributed by atoms with Gasteiger partial charge < -0.3 is 4.42 Å². The molecule has 0 amide bonds. The van der Waals surface area contributed by atoms with Crippen molar-refractivity contribution in [2.75, 3.05) is 0 Å². The molecule has 9 aromatic rings. The molecule has 8 aromatic carbocycles. The predicted octanol–water partition coefficient (Wildman–Crippen LogP) is 17.9. The van der Waals surface area contributed by atoms with Crippen LogP contribution in [-0.4, -0.2) is 0 Å². The standard InChI is InChI=1S/C62H64O/c1-27-22-33(7)48-45(23-27)55(47-26-32(6)36(10)60-57(47)54-41(15)44-24-30(4)34(8)37(11)50(44)43(17)61(54)63-60)52-38(12)35(9)31(5)25-46(52)56(48)51-39(13)40(14)53-49-28(2)20-21-29(3)58(49)62(18,19)59(53)42(51)16/h20-26H,1-19H3/i20D,21D,22D,23D,24D,25D,26D. The van der Waals surface area contributed by atoms with Gasteiger partial charge in [0.15, 0.2) is 0 Å². The summed E-state index contributed by atoms with van der Waals surface area (Å²) in [5.41, 5.74) is 23.9. The molecule has 0 aliphatic heterocycles. The third kappa shape index (κ3) is 5.17. The van der Waals surface area contributed by atoms with Gasteiger partial charge in [-0.1, -0.05) is 61.7 Å². The lowest BCUT2D eigenvalue weighted by atomic mass is 9.73. The molecular formula is C62H64O. The van der Waals surface area contributed by atoms with Crippen LogP contribution in [-0.2, 0) is 5.41 Å². The van der Waals surface area contributed by atoms with E-state index in [2.05, 4.69) is 76.2 Å². The maximum absolute atomic E-state index is 10.4. The first-order valence-corrected chi connectivity index (χ1v) is 22.7. The summed E-state index contributed by atoms with van der Waals surface area (Å²) in [6, 6.07) is 2.20. The lowest BCUT2D eigenvalue weighted by molar-refractivity contribution is 0.650. The predicted molar refractivity (Wildman–Crippen MR) is 275 cm³/mol. The Labute approximate surface area is 385 Å². The highest BCUT2D eigenvalue weighted by Crippen LogP contribution is 2.58. The minimum Gasteiger partial charge on any atom is -0.455 e. The summed E-state index contributed by atoms with van der Waals surface area (Å²) in [7, 11) is 0. The molecule has 0 saturated heterocycles. The van der Waals surface area contributed by atoms with Gasteiger partial charge in [0.2, 0.25) is 0 Å². The van der Waals surface area contributed by atoms with Crippen LogP contribution in [0.25, 0.3) is 87.6 Å².